The first kappa shape index (κ1) is 15.7. The summed E-state index contributed by atoms with van der Waals surface area (Å²) in [5.41, 5.74) is 0.150. The molecule has 0 unspecified atom stereocenters. The molecule has 1 amide bonds. The lowest BCUT2D eigenvalue weighted by molar-refractivity contribution is -0.114. The van der Waals surface area contributed by atoms with Gasteiger partial charge in [-0.25, -0.2) is 13.2 Å². The number of halogens is 3. The van der Waals surface area contributed by atoms with Crippen molar-refractivity contribution < 1.29 is 22.7 Å². The van der Waals surface area contributed by atoms with Crippen molar-refractivity contribution in [1.29, 1.82) is 0 Å². The number of anilines is 2. The van der Waals surface area contributed by atoms with E-state index >= 15 is 0 Å². The number of carbonyl (C=O) groups excluding carboxylic acids is 1. The molecule has 0 atom stereocenters. The maximum atomic E-state index is 13.4. The number of ether oxygens (including phenoxy) is 1. The van der Waals surface area contributed by atoms with Crippen LogP contribution in [-0.4, -0.2) is 19.6 Å². The van der Waals surface area contributed by atoms with E-state index in [1.165, 1.54) is 19.2 Å². The number of hydrogen-bond acceptors (Lipinski definition) is 3. The number of amides is 1. The molecule has 0 heterocycles. The van der Waals surface area contributed by atoms with Crippen molar-refractivity contribution in [2.24, 2.45) is 0 Å². The van der Waals surface area contributed by atoms with Crippen LogP contribution in [0, 0.1) is 17.5 Å². The zero-order valence-corrected chi connectivity index (χ0v) is 11.6. The topological polar surface area (TPSA) is 50.4 Å². The lowest BCUT2D eigenvalue weighted by Crippen LogP contribution is -2.22. The van der Waals surface area contributed by atoms with Crippen molar-refractivity contribution >= 4 is 17.3 Å². The molecule has 0 aromatic heterocycles. The summed E-state index contributed by atoms with van der Waals surface area (Å²) < 4.78 is 44.4. The lowest BCUT2D eigenvalue weighted by Gasteiger charge is -2.11. The molecule has 0 radical (unpaired) electrons. The fourth-order valence-electron chi connectivity index (χ4n) is 1.77. The molecule has 0 aliphatic heterocycles. The second-order valence-corrected chi connectivity index (χ2v) is 4.37. The smallest absolute Gasteiger partial charge is 0.243 e. The highest BCUT2D eigenvalue weighted by atomic mass is 19.1. The summed E-state index contributed by atoms with van der Waals surface area (Å²) in [6.45, 7) is -0.224. The van der Waals surface area contributed by atoms with Gasteiger partial charge in [-0.1, -0.05) is 0 Å². The fraction of sp³-hybridized carbons (Fsp3) is 0.133. The minimum absolute atomic E-state index is 0.224. The van der Waals surface area contributed by atoms with Gasteiger partial charge in [-0.05, 0) is 24.3 Å². The van der Waals surface area contributed by atoms with Gasteiger partial charge in [0.2, 0.25) is 5.91 Å². The van der Waals surface area contributed by atoms with Gasteiger partial charge in [0.15, 0.2) is 0 Å². The molecule has 4 nitrogen and oxygen atoms in total. The van der Waals surface area contributed by atoms with E-state index in [-0.39, 0.29) is 18.0 Å². The lowest BCUT2D eigenvalue weighted by atomic mass is 10.2. The molecule has 0 aliphatic carbocycles. The Bertz CT molecular complexity index is 692. The SMILES string of the molecule is COc1cc(F)ccc1NCC(=O)Nc1cc(F)ccc1F. The normalized spacial score (nSPS) is 10.2. The number of methoxy groups -OCH3 is 1. The third-order valence-corrected chi connectivity index (χ3v) is 2.81. The molecular formula is C15H13F3N2O2. The van der Waals surface area contributed by atoms with Gasteiger partial charge in [-0.2, -0.15) is 0 Å². The molecule has 0 bridgehead atoms. The Hall–Kier alpha value is -2.70. The maximum absolute atomic E-state index is 13.4. The molecule has 0 aliphatic rings. The number of hydrogen-bond donors (Lipinski definition) is 2. The second-order valence-electron chi connectivity index (χ2n) is 4.37. The fourth-order valence-corrected chi connectivity index (χ4v) is 1.77. The van der Waals surface area contributed by atoms with Crippen molar-refractivity contribution in [3.63, 3.8) is 0 Å². The van der Waals surface area contributed by atoms with Crippen molar-refractivity contribution in [1.82, 2.24) is 0 Å². The third-order valence-electron chi connectivity index (χ3n) is 2.81. The molecule has 2 aromatic carbocycles. The molecule has 0 fully saturated rings. The Labute approximate surface area is 124 Å². The number of carbonyl (C=O) groups is 1. The minimum Gasteiger partial charge on any atom is -0.494 e. The molecule has 116 valence electrons. The first-order valence-corrected chi connectivity index (χ1v) is 6.32. The van der Waals surface area contributed by atoms with E-state index in [1.54, 1.807) is 0 Å². The van der Waals surface area contributed by atoms with Crippen LogP contribution in [0.5, 0.6) is 5.75 Å². The molecule has 2 aromatic rings. The number of nitrogens with one attached hydrogen (secondary N) is 2. The first-order chi connectivity index (χ1) is 10.5. The monoisotopic (exact) mass is 310 g/mol. The summed E-state index contributed by atoms with van der Waals surface area (Å²) in [5.74, 6) is -2.24. The van der Waals surface area contributed by atoms with Crippen LogP contribution >= 0.6 is 0 Å². The summed E-state index contributed by atoms with van der Waals surface area (Å²) in [6, 6.07) is 6.52. The molecule has 0 saturated carbocycles. The van der Waals surface area contributed by atoms with Crippen molar-refractivity contribution in [3.8, 4) is 5.75 Å². The average molecular weight is 310 g/mol. The molecule has 22 heavy (non-hydrogen) atoms. The van der Waals surface area contributed by atoms with Crippen LogP contribution in [0.15, 0.2) is 36.4 Å². The van der Waals surface area contributed by atoms with E-state index in [4.69, 9.17) is 4.74 Å². The molecular weight excluding hydrogens is 297 g/mol. The van der Waals surface area contributed by atoms with Gasteiger partial charge < -0.3 is 15.4 Å². The van der Waals surface area contributed by atoms with E-state index in [2.05, 4.69) is 10.6 Å². The molecule has 2 N–H and O–H groups in total. The van der Waals surface area contributed by atoms with Crippen LogP contribution in [0.25, 0.3) is 0 Å². The van der Waals surface area contributed by atoms with E-state index in [0.29, 0.717) is 5.69 Å². The first-order valence-electron chi connectivity index (χ1n) is 6.32. The highest BCUT2D eigenvalue weighted by Gasteiger charge is 2.10. The van der Waals surface area contributed by atoms with Crippen LogP contribution in [0.2, 0.25) is 0 Å². The van der Waals surface area contributed by atoms with Gasteiger partial charge >= 0.3 is 0 Å². The molecule has 0 saturated heterocycles. The van der Waals surface area contributed by atoms with Crippen molar-refractivity contribution in [2.45, 2.75) is 0 Å². The Morgan fingerprint density at radius 1 is 1.05 bits per heavy atom. The maximum Gasteiger partial charge on any atom is 0.243 e. The highest BCUT2D eigenvalue weighted by Crippen LogP contribution is 2.24. The van der Waals surface area contributed by atoms with Crippen LogP contribution in [0.1, 0.15) is 0 Å². The van der Waals surface area contributed by atoms with Crippen LogP contribution < -0.4 is 15.4 Å². The number of benzene rings is 2. The van der Waals surface area contributed by atoms with Crippen LogP contribution in [0.4, 0.5) is 24.5 Å². The second kappa shape index (κ2) is 6.84. The standard InChI is InChI=1S/C15H13F3N2O2/c1-22-14-7-10(17)3-5-12(14)19-8-15(21)20-13-6-9(16)2-4-11(13)18/h2-7,19H,8H2,1H3,(H,20,21). The molecule has 7 heteroatoms. The quantitative estimate of drug-likeness (QED) is 0.892. The van der Waals surface area contributed by atoms with Gasteiger partial charge in [0.1, 0.15) is 23.2 Å². The van der Waals surface area contributed by atoms with Gasteiger partial charge in [0.25, 0.3) is 0 Å². The zero-order chi connectivity index (χ0) is 16.1. The van der Waals surface area contributed by atoms with Crippen LogP contribution in [0.3, 0.4) is 0 Å². The van der Waals surface area contributed by atoms with Gasteiger partial charge in [-0.3, -0.25) is 4.79 Å². The largest absolute Gasteiger partial charge is 0.494 e. The molecule has 2 rings (SSSR count). The highest BCUT2D eigenvalue weighted by molar-refractivity contribution is 5.94. The van der Waals surface area contributed by atoms with Crippen LogP contribution in [-0.2, 0) is 4.79 Å². The minimum atomic E-state index is -0.742. The van der Waals surface area contributed by atoms with Gasteiger partial charge in [0, 0.05) is 12.1 Å². The average Bonchev–Trinajstić information content (AvgIpc) is 2.49. The van der Waals surface area contributed by atoms with E-state index in [0.717, 1.165) is 24.3 Å². The van der Waals surface area contributed by atoms with E-state index < -0.39 is 23.4 Å². The predicted octanol–water partition coefficient (Wildman–Crippen LogP) is 3.16. The Morgan fingerprint density at radius 3 is 2.45 bits per heavy atom. The van der Waals surface area contributed by atoms with Gasteiger partial charge in [0.05, 0.1) is 25.0 Å². The van der Waals surface area contributed by atoms with E-state index in [9.17, 15) is 18.0 Å². The predicted molar refractivity (Wildman–Crippen MR) is 76.4 cm³/mol. The summed E-state index contributed by atoms with van der Waals surface area (Å²) in [5, 5.41) is 4.96. The zero-order valence-electron chi connectivity index (χ0n) is 11.6. The van der Waals surface area contributed by atoms with E-state index in [1.807, 2.05) is 0 Å². The third kappa shape index (κ3) is 3.91. The summed E-state index contributed by atoms with van der Waals surface area (Å²) in [6.07, 6.45) is 0. The Kier molecular flexibility index (Phi) is 4.88. The summed E-state index contributed by atoms with van der Waals surface area (Å²) in [4.78, 5) is 11.7. The summed E-state index contributed by atoms with van der Waals surface area (Å²) >= 11 is 0. The molecule has 0 spiro atoms. The Morgan fingerprint density at radius 2 is 1.73 bits per heavy atom. The van der Waals surface area contributed by atoms with Crippen molar-refractivity contribution in [3.05, 3.63) is 53.8 Å². The van der Waals surface area contributed by atoms with Crippen molar-refractivity contribution in [2.75, 3.05) is 24.3 Å². The Balaban J connectivity index is 2.00. The summed E-state index contributed by atoms with van der Waals surface area (Å²) in [7, 11) is 1.36. The van der Waals surface area contributed by atoms with Gasteiger partial charge in [-0.15, -0.1) is 0 Å². The number of rotatable bonds is 5.